The molecule has 42 heavy (non-hydrogen) atoms. The van der Waals surface area contributed by atoms with Crippen LogP contribution in [0.1, 0.15) is 21.6 Å². The standard InChI is InChI=1S/C36H20N4OS/c37-21-26(22-38)33-29-13-7-8-14-30(29)34(41)31(33)19-28-20-32-35(40(28)27-11-5-2-6-12-27)39-36(42-32)25-17-15-24(16-18-25)23-9-3-1-4-10-23/h1-20H/b31-19-. The first-order valence-electron chi connectivity index (χ1n) is 13.3. The number of benzene rings is 4. The van der Waals surface area contributed by atoms with Gasteiger partial charge in [0.05, 0.1) is 4.70 Å². The summed E-state index contributed by atoms with van der Waals surface area (Å²) in [6.45, 7) is 0. The van der Waals surface area contributed by atoms with Gasteiger partial charge >= 0.3 is 0 Å². The second kappa shape index (κ2) is 10.3. The van der Waals surface area contributed by atoms with Crippen molar-refractivity contribution in [2.75, 3.05) is 0 Å². The first-order chi connectivity index (χ1) is 20.7. The zero-order valence-electron chi connectivity index (χ0n) is 22.2. The van der Waals surface area contributed by atoms with Crippen LogP contribution in [0, 0.1) is 22.7 Å². The van der Waals surface area contributed by atoms with Gasteiger partial charge in [0, 0.05) is 33.7 Å². The summed E-state index contributed by atoms with van der Waals surface area (Å²) in [5, 5.41) is 20.4. The maximum absolute atomic E-state index is 13.6. The molecule has 2 aromatic heterocycles. The van der Waals surface area contributed by atoms with Gasteiger partial charge in [-0.15, -0.1) is 11.3 Å². The molecule has 6 aromatic rings. The highest BCUT2D eigenvalue weighted by atomic mass is 32.1. The molecule has 0 aliphatic heterocycles. The van der Waals surface area contributed by atoms with E-state index in [1.165, 1.54) is 0 Å². The Morgan fingerprint density at radius 1 is 0.738 bits per heavy atom. The molecule has 0 fully saturated rings. The average molecular weight is 557 g/mol. The Labute approximate surface area is 246 Å². The van der Waals surface area contributed by atoms with Gasteiger partial charge in [0.1, 0.15) is 22.7 Å². The minimum Gasteiger partial charge on any atom is -0.294 e. The fraction of sp³-hybridized carbons (Fsp3) is 0. The van der Waals surface area contributed by atoms with E-state index in [0.717, 1.165) is 43.4 Å². The molecule has 1 aliphatic rings. The summed E-state index contributed by atoms with van der Waals surface area (Å²) in [4.78, 5) is 18.6. The predicted octanol–water partition coefficient (Wildman–Crippen LogP) is 8.50. The number of hydrogen-bond donors (Lipinski definition) is 0. The predicted molar refractivity (Wildman–Crippen MR) is 167 cm³/mol. The molecule has 0 radical (unpaired) electrons. The van der Waals surface area contributed by atoms with Crippen LogP contribution in [0.15, 0.2) is 126 Å². The number of carbonyl (C=O) groups excluding carboxylic acids is 1. The van der Waals surface area contributed by atoms with Crippen molar-refractivity contribution < 1.29 is 4.79 Å². The maximum atomic E-state index is 13.6. The molecule has 2 heterocycles. The Morgan fingerprint density at radius 2 is 1.33 bits per heavy atom. The molecule has 0 unspecified atom stereocenters. The molecule has 0 saturated heterocycles. The molecule has 1 aliphatic carbocycles. The van der Waals surface area contributed by atoms with Crippen molar-refractivity contribution in [3.8, 4) is 39.5 Å². The number of aromatic nitrogens is 2. The second-order valence-corrected chi connectivity index (χ2v) is 10.8. The van der Waals surface area contributed by atoms with Gasteiger partial charge in [-0.3, -0.25) is 9.36 Å². The van der Waals surface area contributed by atoms with Crippen molar-refractivity contribution in [1.29, 1.82) is 10.5 Å². The van der Waals surface area contributed by atoms with Crippen LogP contribution in [0.4, 0.5) is 0 Å². The topological polar surface area (TPSA) is 82.5 Å². The van der Waals surface area contributed by atoms with E-state index < -0.39 is 0 Å². The number of para-hydroxylation sites is 1. The molecule has 5 nitrogen and oxygen atoms in total. The van der Waals surface area contributed by atoms with Gasteiger partial charge in [-0.05, 0) is 41.0 Å². The first-order valence-corrected chi connectivity index (χ1v) is 14.1. The largest absolute Gasteiger partial charge is 0.294 e. The van der Waals surface area contributed by atoms with Crippen LogP contribution >= 0.6 is 11.3 Å². The lowest BCUT2D eigenvalue weighted by atomic mass is 9.99. The van der Waals surface area contributed by atoms with Crippen LogP contribution in [0.3, 0.4) is 0 Å². The highest BCUT2D eigenvalue weighted by Crippen LogP contribution is 2.41. The van der Waals surface area contributed by atoms with E-state index in [9.17, 15) is 15.3 Å². The summed E-state index contributed by atoms with van der Waals surface area (Å²) in [6, 6.07) is 41.6. The van der Waals surface area contributed by atoms with E-state index in [-0.39, 0.29) is 11.4 Å². The summed E-state index contributed by atoms with van der Waals surface area (Å²) < 4.78 is 2.98. The normalized spacial score (nSPS) is 13.2. The van der Waals surface area contributed by atoms with E-state index in [0.29, 0.717) is 22.3 Å². The molecule has 0 saturated carbocycles. The van der Waals surface area contributed by atoms with Gasteiger partial charge in [-0.2, -0.15) is 10.5 Å². The third-order valence-corrected chi connectivity index (χ3v) is 8.40. The minimum atomic E-state index is -0.208. The summed E-state index contributed by atoms with van der Waals surface area (Å²) in [7, 11) is 0. The Kier molecular flexibility index (Phi) is 6.17. The fourth-order valence-electron chi connectivity index (χ4n) is 5.41. The number of rotatable bonds is 4. The maximum Gasteiger partial charge on any atom is 0.194 e. The quantitative estimate of drug-likeness (QED) is 0.161. The smallest absolute Gasteiger partial charge is 0.194 e. The molecule has 0 bridgehead atoms. The summed E-state index contributed by atoms with van der Waals surface area (Å²) in [5.41, 5.74) is 7.44. The Morgan fingerprint density at radius 3 is 2.02 bits per heavy atom. The van der Waals surface area contributed by atoms with Gasteiger partial charge in [-0.25, -0.2) is 4.98 Å². The molecule has 6 heteroatoms. The molecule has 196 valence electrons. The van der Waals surface area contributed by atoms with Crippen molar-refractivity contribution in [3.63, 3.8) is 0 Å². The highest BCUT2D eigenvalue weighted by Gasteiger charge is 2.32. The molecule has 0 amide bonds. The Balaban J connectivity index is 1.38. The molecular weight excluding hydrogens is 536 g/mol. The van der Waals surface area contributed by atoms with E-state index in [1.807, 2.05) is 77.4 Å². The van der Waals surface area contributed by atoms with E-state index in [1.54, 1.807) is 35.6 Å². The van der Waals surface area contributed by atoms with Crippen LogP contribution in [-0.4, -0.2) is 15.3 Å². The number of ketones is 1. The third kappa shape index (κ3) is 4.15. The van der Waals surface area contributed by atoms with E-state index >= 15 is 0 Å². The van der Waals surface area contributed by atoms with E-state index in [4.69, 9.17) is 4.98 Å². The number of carbonyl (C=O) groups is 1. The van der Waals surface area contributed by atoms with Crippen molar-refractivity contribution in [3.05, 3.63) is 143 Å². The Hall–Kier alpha value is -5.82. The Bertz CT molecular complexity index is 2140. The highest BCUT2D eigenvalue weighted by molar-refractivity contribution is 7.21. The molecule has 0 N–H and O–H groups in total. The minimum absolute atomic E-state index is 0.0847. The van der Waals surface area contributed by atoms with Gasteiger partial charge in [0.25, 0.3) is 0 Å². The lowest BCUT2D eigenvalue weighted by Crippen LogP contribution is -2.00. The van der Waals surface area contributed by atoms with Crippen LogP contribution in [0.25, 0.3) is 49.4 Å². The summed E-state index contributed by atoms with van der Waals surface area (Å²) in [5.74, 6) is -0.208. The number of thiazole rings is 1. The monoisotopic (exact) mass is 556 g/mol. The lowest BCUT2D eigenvalue weighted by molar-refractivity contribution is 0.104. The third-order valence-electron chi connectivity index (χ3n) is 7.36. The van der Waals surface area contributed by atoms with Gasteiger partial charge in [0.15, 0.2) is 11.4 Å². The number of fused-ring (bicyclic) bond motifs is 2. The SMILES string of the molecule is N#CC(C#N)=C1/C(=C/c2cc3sc(-c4ccc(-c5ccccc5)cc4)nc3n2-c2ccccc2)C(=O)c2ccccc21. The van der Waals surface area contributed by atoms with E-state index in [2.05, 4.69) is 36.4 Å². The summed E-state index contributed by atoms with van der Waals surface area (Å²) in [6.07, 6.45) is 1.78. The van der Waals surface area contributed by atoms with Crippen molar-refractivity contribution in [2.45, 2.75) is 0 Å². The zero-order chi connectivity index (χ0) is 28.6. The zero-order valence-corrected chi connectivity index (χ0v) is 23.0. The molecule has 0 spiro atoms. The lowest BCUT2D eigenvalue weighted by Gasteiger charge is -2.09. The van der Waals surface area contributed by atoms with Crippen LogP contribution < -0.4 is 0 Å². The first kappa shape index (κ1) is 25.2. The fourth-order valence-corrected chi connectivity index (χ4v) is 6.41. The van der Waals surface area contributed by atoms with Gasteiger partial charge in [0.2, 0.25) is 0 Å². The van der Waals surface area contributed by atoms with Crippen LogP contribution in [0.5, 0.6) is 0 Å². The molecule has 7 rings (SSSR count). The average Bonchev–Trinajstić information content (AvgIpc) is 3.69. The number of hydrogen-bond acceptors (Lipinski definition) is 5. The summed E-state index contributed by atoms with van der Waals surface area (Å²) >= 11 is 1.58. The van der Waals surface area contributed by atoms with Crippen molar-refractivity contribution in [2.24, 2.45) is 0 Å². The van der Waals surface area contributed by atoms with Crippen molar-refractivity contribution in [1.82, 2.24) is 9.55 Å². The second-order valence-electron chi connectivity index (χ2n) is 9.80. The number of nitrogens with zero attached hydrogens (tertiary/aromatic N) is 4. The van der Waals surface area contributed by atoms with Crippen LogP contribution in [0.2, 0.25) is 0 Å². The van der Waals surface area contributed by atoms with Gasteiger partial charge in [-0.1, -0.05) is 97.1 Å². The van der Waals surface area contributed by atoms with Crippen LogP contribution in [-0.2, 0) is 0 Å². The van der Waals surface area contributed by atoms with Crippen molar-refractivity contribution >= 4 is 39.1 Å². The molecular formula is C36H20N4OS. The number of Topliss-reactive ketones (excluding diaryl/α,β-unsaturated/α-hetero) is 1. The molecule has 0 atom stereocenters. The number of allylic oxidation sites excluding steroid dienone is 3. The van der Waals surface area contributed by atoms with Gasteiger partial charge < -0.3 is 0 Å². The number of nitriles is 2. The molecule has 4 aromatic carbocycles.